The minimum absolute atomic E-state index is 0.0437. The van der Waals surface area contributed by atoms with Gasteiger partial charge in [0.05, 0.1) is 36.0 Å². The number of nitrogens with zero attached hydrogens (tertiary/aromatic N) is 4. The second kappa shape index (κ2) is 9.74. The molecule has 0 unspecified atom stereocenters. The highest BCUT2D eigenvalue weighted by atomic mass is 32.1. The molecule has 0 bridgehead atoms. The van der Waals surface area contributed by atoms with Gasteiger partial charge in [0.25, 0.3) is 0 Å². The Balaban J connectivity index is 1.37. The quantitative estimate of drug-likeness (QED) is 0.744. The highest BCUT2D eigenvalue weighted by Crippen LogP contribution is 2.33. The van der Waals surface area contributed by atoms with Crippen molar-refractivity contribution in [3.63, 3.8) is 0 Å². The number of rotatable bonds is 4. The number of urea groups is 1. The van der Waals surface area contributed by atoms with Gasteiger partial charge in [-0.25, -0.2) is 9.78 Å². The number of aliphatic hydroxyl groups is 1. The van der Waals surface area contributed by atoms with Gasteiger partial charge in [-0.15, -0.1) is 11.3 Å². The van der Waals surface area contributed by atoms with Gasteiger partial charge in [0.1, 0.15) is 5.01 Å². The van der Waals surface area contributed by atoms with Crippen molar-refractivity contribution in [1.82, 2.24) is 19.7 Å². The number of benzene rings is 1. The molecule has 0 spiro atoms. The first-order valence-electron chi connectivity index (χ1n) is 10.5. The molecule has 0 aliphatic carbocycles. The minimum atomic E-state index is -4.38. The standard InChI is InChI=1S/C21H25F3N4O3S/c22-21(23,24)16-3-1-15(2-4-16)19-25-17(18(14-29)32-19)13-26-5-7-27(8-6-26)20(30)28-9-11-31-12-10-28/h1-4,29H,5-14H2. The van der Waals surface area contributed by atoms with E-state index in [1.165, 1.54) is 23.5 Å². The summed E-state index contributed by atoms with van der Waals surface area (Å²) < 4.78 is 43.7. The first-order chi connectivity index (χ1) is 15.3. The Morgan fingerprint density at radius 2 is 1.66 bits per heavy atom. The molecule has 1 N–H and O–H groups in total. The van der Waals surface area contributed by atoms with E-state index in [1.807, 2.05) is 9.80 Å². The van der Waals surface area contributed by atoms with Crippen LogP contribution in [-0.4, -0.2) is 83.3 Å². The maximum absolute atomic E-state index is 12.8. The molecule has 7 nitrogen and oxygen atoms in total. The first kappa shape index (κ1) is 23.0. The zero-order valence-electron chi connectivity index (χ0n) is 17.5. The summed E-state index contributed by atoms with van der Waals surface area (Å²) in [5, 5.41) is 10.3. The van der Waals surface area contributed by atoms with Gasteiger partial charge in [0, 0.05) is 51.4 Å². The van der Waals surface area contributed by atoms with Crippen molar-refractivity contribution in [2.24, 2.45) is 0 Å². The fraction of sp³-hybridized carbons (Fsp3) is 0.524. The van der Waals surface area contributed by atoms with E-state index in [0.29, 0.717) is 74.5 Å². The van der Waals surface area contributed by atoms with Crippen molar-refractivity contribution in [3.05, 3.63) is 40.4 Å². The number of hydrogen-bond donors (Lipinski definition) is 1. The number of halogens is 3. The minimum Gasteiger partial charge on any atom is -0.391 e. The molecule has 0 saturated carbocycles. The van der Waals surface area contributed by atoms with E-state index in [9.17, 15) is 23.1 Å². The number of morpholine rings is 1. The van der Waals surface area contributed by atoms with Crippen LogP contribution < -0.4 is 0 Å². The largest absolute Gasteiger partial charge is 0.416 e. The lowest BCUT2D eigenvalue weighted by Gasteiger charge is -2.38. The molecule has 3 heterocycles. The molecule has 2 aliphatic rings. The molecule has 1 aromatic carbocycles. The molecule has 2 fully saturated rings. The van der Waals surface area contributed by atoms with Crippen molar-refractivity contribution in [3.8, 4) is 10.6 Å². The number of hydrogen-bond acceptors (Lipinski definition) is 6. The number of aliphatic hydroxyl groups excluding tert-OH is 1. The summed E-state index contributed by atoms with van der Waals surface area (Å²) in [6.45, 7) is 5.31. The molecule has 0 atom stereocenters. The summed E-state index contributed by atoms with van der Waals surface area (Å²) in [7, 11) is 0. The molecular weight excluding hydrogens is 445 g/mol. The number of ether oxygens (including phenoxy) is 1. The molecular formula is C21H25F3N4O3S. The van der Waals surface area contributed by atoms with Gasteiger partial charge in [-0.05, 0) is 12.1 Å². The van der Waals surface area contributed by atoms with Crippen LogP contribution in [0, 0.1) is 0 Å². The number of alkyl halides is 3. The van der Waals surface area contributed by atoms with E-state index >= 15 is 0 Å². The first-order valence-corrected chi connectivity index (χ1v) is 11.3. The predicted molar refractivity (Wildman–Crippen MR) is 113 cm³/mol. The molecule has 32 heavy (non-hydrogen) atoms. The van der Waals surface area contributed by atoms with E-state index in [0.717, 1.165) is 17.8 Å². The maximum Gasteiger partial charge on any atom is 0.416 e. The molecule has 11 heteroatoms. The van der Waals surface area contributed by atoms with Gasteiger partial charge < -0.3 is 19.6 Å². The second-order valence-electron chi connectivity index (χ2n) is 7.77. The van der Waals surface area contributed by atoms with Crippen LogP contribution in [0.25, 0.3) is 10.6 Å². The lowest BCUT2D eigenvalue weighted by molar-refractivity contribution is -0.137. The van der Waals surface area contributed by atoms with E-state index in [4.69, 9.17) is 4.74 Å². The number of piperazine rings is 1. The van der Waals surface area contributed by atoms with Crippen molar-refractivity contribution >= 4 is 17.4 Å². The summed E-state index contributed by atoms with van der Waals surface area (Å²) in [4.78, 5) is 23.8. The monoisotopic (exact) mass is 470 g/mol. The van der Waals surface area contributed by atoms with E-state index in [2.05, 4.69) is 9.88 Å². The van der Waals surface area contributed by atoms with Gasteiger partial charge in [-0.2, -0.15) is 13.2 Å². The van der Waals surface area contributed by atoms with Gasteiger partial charge >= 0.3 is 12.2 Å². The highest BCUT2D eigenvalue weighted by molar-refractivity contribution is 7.15. The molecule has 2 amide bonds. The van der Waals surface area contributed by atoms with Crippen LogP contribution in [0.2, 0.25) is 0 Å². The molecule has 0 radical (unpaired) electrons. The highest BCUT2D eigenvalue weighted by Gasteiger charge is 2.30. The van der Waals surface area contributed by atoms with E-state index in [1.54, 1.807) is 0 Å². The normalized spacial score (nSPS) is 18.2. The zero-order chi connectivity index (χ0) is 22.7. The van der Waals surface area contributed by atoms with Crippen molar-refractivity contribution in [2.75, 3.05) is 52.5 Å². The van der Waals surface area contributed by atoms with Crippen LogP contribution >= 0.6 is 11.3 Å². The third kappa shape index (κ3) is 5.22. The van der Waals surface area contributed by atoms with Crippen LogP contribution in [0.1, 0.15) is 16.1 Å². The van der Waals surface area contributed by atoms with Crippen molar-refractivity contribution in [1.29, 1.82) is 0 Å². The lowest BCUT2D eigenvalue weighted by atomic mass is 10.1. The summed E-state index contributed by atoms with van der Waals surface area (Å²) >= 11 is 1.29. The van der Waals surface area contributed by atoms with Crippen LogP contribution in [0.5, 0.6) is 0 Å². The number of aromatic nitrogens is 1. The topological polar surface area (TPSA) is 69.1 Å². The number of carbonyl (C=O) groups is 1. The Hall–Kier alpha value is -2.21. The Kier molecular flexibility index (Phi) is 6.99. The van der Waals surface area contributed by atoms with Gasteiger partial charge in [0.2, 0.25) is 0 Å². The SMILES string of the molecule is O=C(N1CCOCC1)N1CCN(Cc2nc(-c3ccc(C(F)(F)F)cc3)sc2CO)CC1. The third-order valence-corrected chi connectivity index (χ3v) is 6.81. The third-order valence-electron chi connectivity index (χ3n) is 5.68. The van der Waals surface area contributed by atoms with Crippen LogP contribution in [-0.2, 0) is 24.1 Å². The Morgan fingerprint density at radius 3 is 2.25 bits per heavy atom. The zero-order valence-corrected chi connectivity index (χ0v) is 18.3. The van der Waals surface area contributed by atoms with Gasteiger partial charge in [-0.3, -0.25) is 4.90 Å². The molecule has 2 saturated heterocycles. The average Bonchev–Trinajstić information content (AvgIpc) is 3.22. The van der Waals surface area contributed by atoms with Gasteiger partial charge in [0.15, 0.2) is 0 Å². The Labute approximate surface area is 188 Å². The van der Waals surface area contributed by atoms with Crippen LogP contribution in [0.3, 0.4) is 0 Å². The maximum atomic E-state index is 12.8. The smallest absolute Gasteiger partial charge is 0.391 e. The molecule has 1 aromatic heterocycles. The van der Waals surface area contributed by atoms with Crippen molar-refractivity contribution in [2.45, 2.75) is 19.3 Å². The summed E-state index contributed by atoms with van der Waals surface area (Å²) in [5.41, 5.74) is 0.607. The summed E-state index contributed by atoms with van der Waals surface area (Å²) in [5.74, 6) is 0. The van der Waals surface area contributed by atoms with Crippen molar-refractivity contribution < 1.29 is 27.8 Å². The molecule has 174 valence electrons. The predicted octanol–water partition coefficient (Wildman–Crippen LogP) is 2.89. The summed E-state index contributed by atoms with van der Waals surface area (Å²) in [6, 6.07) is 4.94. The van der Waals surface area contributed by atoms with Gasteiger partial charge in [-0.1, -0.05) is 12.1 Å². The van der Waals surface area contributed by atoms with E-state index < -0.39 is 11.7 Å². The Morgan fingerprint density at radius 1 is 1.03 bits per heavy atom. The molecule has 2 aromatic rings. The van der Waals surface area contributed by atoms with E-state index in [-0.39, 0.29) is 12.6 Å². The number of thiazole rings is 1. The fourth-order valence-corrected chi connectivity index (χ4v) is 4.76. The van der Waals surface area contributed by atoms with Crippen LogP contribution in [0.4, 0.5) is 18.0 Å². The lowest BCUT2D eigenvalue weighted by Crippen LogP contribution is -2.54. The molecule has 2 aliphatic heterocycles. The summed E-state index contributed by atoms with van der Waals surface area (Å²) in [6.07, 6.45) is -4.38. The number of carbonyl (C=O) groups excluding carboxylic acids is 1. The average molecular weight is 471 g/mol. The number of amides is 2. The second-order valence-corrected chi connectivity index (χ2v) is 8.85. The molecule has 4 rings (SSSR count). The van der Waals surface area contributed by atoms with Crippen LogP contribution in [0.15, 0.2) is 24.3 Å². The fourth-order valence-electron chi connectivity index (χ4n) is 3.82. The Bertz CT molecular complexity index is 921.